The van der Waals surface area contributed by atoms with Crippen molar-refractivity contribution in [1.29, 1.82) is 0 Å². The quantitative estimate of drug-likeness (QED) is 0.407. The molecule has 0 aliphatic heterocycles. The van der Waals surface area contributed by atoms with E-state index in [-0.39, 0.29) is 11.6 Å². The van der Waals surface area contributed by atoms with E-state index in [1.807, 2.05) is 18.2 Å². The second-order valence-corrected chi connectivity index (χ2v) is 8.26. The Balaban J connectivity index is 1.50. The fraction of sp³-hybridized carbons (Fsp3) is 0.174. The third-order valence-electron chi connectivity index (χ3n) is 5.76. The average Bonchev–Trinajstić information content (AvgIpc) is 3.46. The van der Waals surface area contributed by atoms with Crippen LogP contribution in [0.1, 0.15) is 30.5 Å². The van der Waals surface area contributed by atoms with Crippen molar-refractivity contribution in [3.8, 4) is 22.5 Å². The number of aromatic amines is 1. The molecule has 2 N–H and O–H groups in total. The summed E-state index contributed by atoms with van der Waals surface area (Å²) in [6.07, 6.45) is 0.0873. The molecule has 7 nitrogen and oxygen atoms in total. The van der Waals surface area contributed by atoms with Crippen LogP contribution in [0.2, 0.25) is 5.02 Å². The number of H-pyrrole nitrogens is 1. The fourth-order valence-electron chi connectivity index (χ4n) is 3.89. The average molecular weight is 467 g/mol. The zero-order valence-electron chi connectivity index (χ0n) is 17.1. The summed E-state index contributed by atoms with van der Waals surface area (Å²) in [5.74, 6) is 0.204. The number of alkyl halides is 2. The Morgan fingerprint density at radius 2 is 1.94 bits per heavy atom. The highest BCUT2D eigenvalue weighted by atomic mass is 35.5. The van der Waals surface area contributed by atoms with Crippen LogP contribution in [-0.2, 0) is 10.2 Å². The van der Waals surface area contributed by atoms with Crippen LogP contribution in [-0.4, -0.2) is 31.5 Å². The van der Waals surface area contributed by atoms with E-state index in [0.29, 0.717) is 33.2 Å². The predicted molar refractivity (Wildman–Crippen MR) is 119 cm³/mol. The van der Waals surface area contributed by atoms with Gasteiger partial charge in [0.25, 0.3) is 6.43 Å². The first kappa shape index (κ1) is 21.1. The van der Waals surface area contributed by atoms with Gasteiger partial charge in [0.05, 0.1) is 5.41 Å². The van der Waals surface area contributed by atoms with Gasteiger partial charge in [-0.2, -0.15) is 0 Å². The Labute approximate surface area is 192 Å². The summed E-state index contributed by atoms with van der Waals surface area (Å²) in [5.41, 5.74) is 2.16. The van der Waals surface area contributed by atoms with Crippen LogP contribution >= 0.6 is 11.6 Å². The largest absolute Gasteiger partial charge is 0.325 e. The summed E-state index contributed by atoms with van der Waals surface area (Å²) in [6, 6.07) is 15.4. The minimum atomic E-state index is -2.69. The molecule has 0 atom stereocenters. The Morgan fingerprint density at radius 3 is 2.64 bits per heavy atom. The van der Waals surface area contributed by atoms with E-state index in [2.05, 4.69) is 30.9 Å². The first-order valence-corrected chi connectivity index (χ1v) is 10.5. The van der Waals surface area contributed by atoms with Gasteiger partial charge in [-0.15, -0.1) is 5.10 Å². The van der Waals surface area contributed by atoms with Crippen molar-refractivity contribution in [2.24, 2.45) is 0 Å². The van der Waals surface area contributed by atoms with Gasteiger partial charge in [0.15, 0.2) is 5.82 Å². The van der Waals surface area contributed by atoms with Gasteiger partial charge in [-0.3, -0.25) is 9.78 Å². The maximum absolute atomic E-state index is 13.2. The van der Waals surface area contributed by atoms with Crippen molar-refractivity contribution >= 4 is 23.2 Å². The van der Waals surface area contributed by atoms with Crippen molar-refractivity contribution in [2.45, 2.75) is 24.7 Å². The van der Waals surface area contributed by atoms with Crippen molar-refractivity contribution in [2.75, 3.05) is 5.32 Å². The van der Waals surface area contributed by atoms with Crippen molar-refractivity contribution < 1.29 is 13.6 Å². The third-order valence-corrected chi connectivity index (χ3v) is 5.99. The molecule has 1 aliphatic carbocycles. The monoisotopic (exact) mass is 466 g/mol. The molecule has 33 heavy (non-hydrogen) atoms. The van der Waals surface area contributed by atoms with Crippen LogP contribution in [0, 0.1) is 0 Å². The summed E-state index contributed by atoms with van der Waals surface area (Å²) in [7, 11) is 0. The second kappa shape index (κ2) is 8.32. The highest BCUT2D eigenvalue weighted by molar-refractivity contribution is 6.30. The molecule has 2 heterocycles. The number of benzene rings is 2. The number of carbonyl (C=O) groups excluding carboxylic acids is 1. The summed E-state index contributed by atoms with van der Waals surface area (Å²) in [6.45, 7) is 0. The molecule has 166 valence electrons. The van der Waals surface area contributed by atoms with Crippen LogP contribution in [0.5, 0.6) is 0 Å². The molecule has 2 aromatic carbocycles. The number of halogens is 3. The molecule has 0 saturated heterocycles. The van der Waals surface area contributed by atoms with Crippen molar-refractivity contribution in [3.63, 3.8) is 0 Å². The topological polar surface area (TPSA) is 96.5 Å². The minimum absolute atomic E-state index is 0.136. The molecular formula is C23H17ClF2N6O. The Kier molecular flexibility index (Phi) is 5.33. The molecule has 0 radical (unpaired) electrons. The van der Waals surface area contributed by atoms with Gasteiger partial charge in [-0.05, 0) is 76.4 Å². The van der Waals surface area contributed by atoms with Gasteiger partial charge in [-0.1, -0.05) is 29.8 Å². The summed E-state index contributed by atoms with van der Waals surface area (Å²) in [4.78, 5) is 16.9. The normalized spacial score (nSPS) is 14.3. The van der Waals surface area contributed by atoms with Gasteiger partial charge in [0, 0.05) is 22.5 Å². The number of hydrogen-bond donors (Lipinski definition) is 2. The van der Waals surface area contributed by atoms with E-state index in [0.717, 1.165) is 18.4 Å². The Hall–Kier alpha value is -3.72. The molecule has 5 rings (SSSR count). The lowest BCUT2D eigenvalue weighted by atomic mass is 9.94. The lowest BCUT2D eigenvalue weighted by Gasteiger charge is -2.17. The molecule has 4 aromatic rings. The summed E-state index contributed by atoms with van der Waals surface area (Å²) < 4.78 is 26.3. The number of aromatic nitrogens is 5. The first-order chi connectivity index (χ1) is 16.0. The molecule has 1 amide bonds. The van der Waals surface area contributed by atoms with Crippen LogP contribution < -0.4 is 5.32 Å². The number of tetrazole rings is 1. The highest BCUT2D eigenvalue weighted by Crippen LogP contribution is 2.49. The Bertz CT molecular complexity index is 1320. The molecule has 0 unspecified atom stereocenters. The number of nitrogens with one attached hydrogen (secondary N) is 2. The van der Waals surface area contributed by atoms with Crippen molar-refractivity contribution in [3.05, 3.63) is 77.1 Å². The molecule has 10 heteroatoms. The molecule has 2 aromatic heterocycles. The lowest BCUT2D eigenvalue weighted by molar-refractivity contribution is -0.118. The SMILES string of the molecule is O=C(Nc1ccc(-c2ccnc(C(F)F)c2)c(-c2nnn[nH]2)c1)C1(c2cccc(Cl)c2)CC1. The van der Waals surface area contributed by atoms with E-state index in [1.54, 1.807) is 30.3 Å². The van der Waals surface area contributed by atoms with E-state index >= 15 is 0 Å². The zero-order valence-corrected chi connectivity index (χ0v) is 17.9. The zero-order chi connectivity index (χ0) is 23.0. The van der Waals surface area contributed by atoms with E-state index in [4.69, 9.17) is 11.6 Å². The van der Waals surface area contributed by atoms with E-state index < -0.39 is 11.8 Å². The second-order valence-electron chi connectivity index (χ2n) is 7.83. The smallest absolute Gasteiger partial charge is 0.280 e. The summed E-state index contributed by atoms with van der Waals surface area (Å²) >= 11 is 6.12. The van der Waals surface area contributed by atoms with Crippen molar-refractivity contribution in [1.82, 2.24) is 25.6 Å². The highest BCUT2D eigenvalue weighted by Gasteiger charge is 2.51. The third kappa shape index (κ3) is 4.07. The molecule has 0 spiro atoms. The van der Waals surface area contributed by atoms with E-state index in [1.165, 1.54) is 12.3 Å². The van der Waals surface area contributed by atoms with Gasteiger partial charge in [0.1, 0.15) is 5.69 Å². The maximum Gasteiger partial charge on any atom is 0.280 e. The fourth-order valence-corrected chi connectivity index (χ4v) is 4.08. The van der Waals surface area contributed by atoms with Gasteiger partial charge >= 0.3 is 0 Å². The number of carbonyl (C=O) groups is 1. The van der Waals surface area contributed by atoms with E-state index in [9.17, 15) is 13.6 Å². The Morgan fingerprint density at radius 1 is 1.09 bits per heavy atom. The molecule has 1 saturated carbocycles. The maximum atomic E-state index is 13.2. The van der Waals surface area contributed by atoms with Gasteiger partial charge in [0.2, 0.25) is 5.91 Å². The minimum Gasteiger partial charge on any atom is -0.325 e. The number of rotatable bonds is 6. The van der Waals surface area contributed by atoms with Gasteiger partial charge < -0.3 is 5.32 Å². The predicted octanol–water partition coefficient (Wildman–Crippen LogP) is 5.19. The number of anilines is 1. The molecule has 1 aliphatic rings. The number of amides is 1. The molecular weight excluding hydrogens is 450 g/mol. The van der Waals surface area contributed by atoms with Crippen LogP contribution in [0.4, 0.5) is 14.5 Å². The van der Waals surface area contributed by atoms with Crippen LogP contribution in [0.15, 0.2) is 60.8 Å². The lowest BCUT2D eigenvalue weighted by Crippen LogP contribution is -2.27. The number of pyridine rings is 1. The molecule has 0 bridgehead atoms. The number of nitrogens with zero attached hydrogens (tertiary/aromatic N) is 4. The first-order valence-electron chi connectivity index (χ1n) is 10.2. The summed E-state index contributed by atoms with van der Waals surface area (Å²) in [5, 5.41) is 17.4. The molecule has 1 fully saturated rings. The number of hydrogen-bond acceptors (Lipinski definition) is 5. The standard InChI is InChI=1S/C23H17ClF2N6O/c24-15-3-1-2-14(11-15)23(7-8-23)22(33)28-16-4-5-17(18(12-16)21-29-31-32-30-21)13-6-9-27-19(10-13)20(25)26/h1-6,9-12,20H,7-8H2,(H,28,33)(H,29,30,31,32). The van der Waals surface area contributed by atoms with Crippen LogP contribution in [0.25, 0.3) is 22.5 Å². The van der Waals surface area contributed by atoms with Gasteiger partial charge in [-0.25, -0.2) is 13.9 Å². The van der Waals surface area contributed by atoms with Crippen LogP contribution in [0.3, 0.4) is 0 Å².